The molecule has 2 N–H and O–H groups in total. The summed E-state index contributed by atoms with van der Waals surface area (Å²) < 4.78 is 18.7. The number of anilines is 1. The molecule has 19 heavy (non-hydrogen) atoms. The Hall–Kier alpha value is -1.81. The van der Waals surface area contributed by atoms with E-state index in [1.54, 1.807) is 19.5 Å². The Morgan fingerprint density at radius 2 is 2.16 bits per heavy atom. The van der Waals surface area contributed by atoms with E-state index in [-0.39, 0.29) is 11.9 Å². The zero-order valence-corrected chi connectivity index (χ0v) is 11.5. The van der Waals surface area contributed by atoms with Crippen LogP contribution in [-0.2, 0) is 6.54 Å². The van der Waals surface area contributed by atoms with E-state index < -0.39 is 0 Å². The van der Waals surface area contributed by atoms with Crippen LogP contribution in [0.1, 0.15) is 29.7 Å². The molecule has 3 nitrogen and oxygen atoms in total. The minimum absolute atomic E-state index is 0.211. The molecular weight excluding hydrogens is 243 g/mol. The van der Waals surface area contributed by atoms with Gasteiger partial charge in [-0.25, -0.2) is 4.39 Å². The summed E-state index contributed by atoms with van der Waals surface area (Å²) >= 11 is 0. The molecule has 2 rings (SSSR count). The number of benzene rings is 1. The normalized spacial score (nSPS) is 12.5. The summed E-state index contributed by atoms with van der Waals surface area (Å²) in [5.41, 5.74) is 9.39. The third-order valence-corrected chi connectivity index (χ3v) is 3.21. The third kappa shape index (κ3) is 2.96. The lowest BCUT2D eigenvalue weighted by Crippen LogP contribution is -2.20. The maximum atomic E-state index is 13.7. The highest BCUT2D eigenvalue weighted by molar-refractivity contribution is 5.56. The first-order valence-electron chi connectivity index (χ1n) is 6.27. The molecule has 0 radical (unpaired) electrons. The third-order valence-electron chi connectivity index (χ3n) is 3.21. The summed E-state index contributed by atoms with van der Waals surface area (Å²) in [6.45, 7) is 4.32. The molecule has 0 saturated heterocycles. The van der Waals surface area contributed by atoms with Crippen molar-refractivity contribution in [2.45, 2.75) is 26.4 Å². The molecule has 2 aromatic rings. The van der Waals surface area contributed by atoms with E-state index in [0.29, 0.717) is 12.1 Å². The molecule has 1 aromatic carbocycles. The molecule has 0 aliphatic heterocycles. The fourth-order valence-corrected chi connectivity index (χ4v) is 2.12. The second kappa shape index (κ2) is 5.45. The second-order valence-electron chi connectivity index (χ2n) is 4.94. The zero-order chi connectivity index (χ0) is 14.0. The molecule has 4 heteroatoms. The first-order chi connectivity index (χ1) is 8.99. The molecule has 1 heterocycles. The molecule has 1 atom stereocenters. The van der Waals surface area contributed by atoms with Crippen molar-refractivity contribution in [3.8, 4) is 0 Å². The smallest absolute Gasteiger partial charge is 0.126 e. The van der Waals surface area contributed by atoms with Crippen LogP contribution in [0.2, 0.25) is 0 Å². The molecule has 0 aliphatic carbocycles. The Morgan fingerprint density at radius 3 is 2.74 bits per heavy atom. The molecule has 102 valence electrons. The number of nitrogens with zero attached hydrogens (tertiary/aromatic N) is 1. The zero-order valence-electron chi connectivity index (χ0n) is 11.5. The molecule has 0 spiro atoms. The maximum absolute atomic E-state index is 13.7. The summed E-state index contributed by atoms with van der Waals surface area (Å²) in [5, 5.41) is 0. The minimum atomic E-state index is -0.215. The van der Waals surface area contributed by atoms with Crippen LogP contribution in [0, 0.1) is 12.7 Å². The van der Waals surface area contributed by atoms with Crippen LogP contribution in [0.3, 0.4) is 0 Å². The Balaban J connectivity index is 2.34. The summed E-state index contributed by atoms with van der Waals surface area (Å²) in [6.07, 6.45) is 3.35. The van der Waals surface area contributed by atoms with Gasteiger partial charge in [-0.2, -0.15) is 0 Å². The van der Waals surface area contributed by atoms with Crippen LogP contribution in [-0.4, -0.2) is 7.05 Å². The van der Waals surface area contributed by atoms with Crippen molar-refractivity contribution >= 4 is 5.69 Å². The average molecular weight is 262 g/mol. The van der Waals surface area contributed by atoms with Crippen LogP contribution >= 0.6 is 0 Å². The predicted molar refractivity (Wildman–Crippen MR) is 74.6 cm³/mol. The first-order valence-corrected chi connectivity index (χ1v) is 6.27. The number of rotatable bonds is 4. The van der Waals surface area contributed by atoms with Crippen molar-refractivity contribution in [2.75, 3.05) is 11.9 Å². The van der Waals surface area contributed by atoms with Gasteiger partial charge in [0.1, 0.15) is 5.82 Å². The molecule has 0 bridgehead atoms. The molecule has 0 fully saturated rings. The van der Waals surface area contributed by atoms with Gasteiger partial charge >= 0.3 is 0 Å². The van der Waals surface area contributed by atoms with Gasteiger partial charge in [0.05, 0.1) is 12.5 Å². The monoisotopic (exact) mass is 262 g/mol. The highest BCUT2D eigenvalue weighted by atomic mass is 19.1. The van der Waals surface area contributed by atoms with Gasteiger partial charge < -0.3 is 15.1 Å². The quantitative estimate of drug-likeness (QED) is 0.918. The van der Waals surface area contributed by atoms with Gasteiger partial charge in [0.25, 0.3) is 0 Å². The topological polar surface area (TPSA) is 42.4 Å². The van der Waals surface area contributed by atoms with E-state index in [0.717, 1.165) is 16.8 Å². The lowest BCUT2D eigenvalue weighted by molar-refractivity contribution is 0.563. The first kappa shape index (κ1) is 13.6. The highest BCUT2D eigenvalue weighted by Crippen LogP contribution is 2.28. The van der Waals surface area contributed by atoms with E-state index in [1.807, 2.05) is 26.1 Å². The summed E-state index contributed by atoms with van der Waals surface area (Å²) in [7, 11) is 1.96. The van der Waals surface area contributed by atoms with Crippen LogP contribution in [0.15, 0.2) is 35.1 Å². The summed E-state index contributed by atoms with van der Waals surface area (Å²) in [5.74, 6) is -0.215. The fraction of sp³-hybridized carbons (Fsp3) is 0.333. The van der Waals surface area contributed by atoms with Gasteiger partial charge in [-0.1, -0.05) is 0 Å². The van der Waals surface area contributed by atoms with Crippen molar-refractivity contribution in [1.29, 1.82) is 0 Å². The Bertz CT molecular complexity index is 550. The Kier molecular flexibility index (Phi) is 3.90. The molecular formula is C15H19FN2O. The van der Waals surface area contributed by atoms with E-state index in [1.165, 1.54) is 6.07 Å². The molecule has 0 amide bonds. The summed E-state index contributed by atoms with van der Waals surface area (Å²) in [6, 6.07) is 5.07. The van der Waals surface area contributed by atoms with E-state index in [4.69, 9.17) is 10.2 Å². The maximum Gasteiger partial charge on any atom is 0.126 e. The van der Waals surface area contributed by atoms with Crippen LogP contribution in [0.4, 0.5) is 10.1 Å². The van der Waals surface area contributed by atoms with Crippen LogP contribution in [0.25, 0.3) is 0 Å². The molecule has 0 aliphatic rings. The number of hydrogen-bond acceptors (Lipinski definition) is 3. The van der Waals surface area contributed by atoms with E-state index in [2.05, 4.69) is 4.90 Å². The van der Waals surface area contributed by atoms with Gasteiger partial charge in [0, 0.05) is 30.9 Å². The number of halogens is 1. The van der Waals surface area contributed by atoms with Gasteiger partial charge in [-0.3, -0.25) is 0 Å². The van der Waals surface area contributed by atoms with Crippen molar-refractivity contribution in [2.24, 2.45) is 5.73 Å². The van der Waals surface area contributed by atoms with E-state index in [9.17, 15) is 4.39 Å². The Labute approximate surface area is 112 Å². The van der Waals surface area contributed by atoms with Crippen LogP contribution < -0.4 is 10.6 Å². The van der Waals surface area contributed by atoms with Crippen LogP contribution in [0.5, 0.6) is 0 Å². The van der Waals surface area contributed by atoms with Crippen molar-refractivity contribution in [3.05, 3.63) is 53.2 Å². The lowest BCUT2D eigenvalue weighted by Gasteiger charge is -2.24. The Morgan fingerprint density at radius 1 is 1.42 bits per heavy atom. The molecule has 0 unspecified atom stereocenters. The minimum Gasteiger partial charge on any atom is -0.472 e. The second-order valence-corrected chi connectivity index (χ2v) is 4.94. The van der Waals surface area contributed by atoms with Gasteiger partial charge in [-0.05, 0) is 43.2 Å². The number of aryl methyl sites for hydroxylation is 1. The lowest BCUT2D eigenvalue weighted by atomic mass is 10.0. The fourth-order valence-electron chi connectivity index (χ4n) is 2.12. The standard InChI is InChI=1S/C15H19FN2O/c1-10-6-15(13(11(2)17)7-14(10)16)18(3)8-12-4-5-19-9-12/h4-7,9,11H,8,17H2,1-3H3/t11-/m0/s1. The van der Waals surface area contributed by atoms with Crippen molar-refractivity contribution in [3.63, 3.8) is 0 Å². The number of nitrogens with two attached hydrogens (primary N) is 1. The summed E-state index contributed by atoms with van der Waals surface area (Å²) in [4.78, 5) is 2.05. The average Bonchev–Trinajstić information content (AvgIpc) is 2.84. The number of hydrogen-bond donors (Lipinski definition) is 1. The largest absolute Gasteiger partial charge is 0.472 e. The van der Waals surface area contributed by atoms with Gasteiger partial charge in [-0.15, -0.1) is 0 Å². The van der Waals surface area contributed by atoms with E-state index >= 15 is 0 Å². The molecule has 0 saturated carbocycles. The SMILES string of the molecule is Cc1cc(N(C)Cc2ccoc2)c([C@H](C)N)cc1F. The van der Waals surface area contributed by atoms with Gasteiger partial charge in [0.2, 0.25) is 0 Å². The highest BCUT2D eigenvalue weighted by Gasteiger charge is 2.14. The predicted octanol–water partition coefficient (Wildman–Crippen LogP) is 3.38. The van der Waals surface area contributed by atoms with Crippen molar-refractivity contribution in [1.82, 2.24) is 0 Å². The molecule has 1 aromatic heterocycles. The van der Waals surface area contributed by atoms with Gasteiger partial charge in [0.15, 0.2) is 0 Å². The number of furan rings is 1. The van der Waals surface area contributed by atoms with Crippen molar-refractivity contribution < 1.29 is 8.81 Å².